The standard InChI is InChI=1S/C17H30I2O10/c18-12-17(21)29-11-8-22-3-1-4-24-14-25-5-2-16(20)28-10-9-23-6-7-26-15-27-13-19/h1-15H2. The molecule has 0 heterocycles. The Morgan fingerprint density at radius 3 is 1.79 bits per heavy atom. The first-order chi connectivity index (χ1) is 14.2. The van der Waals surface area contributed by atoms with E-state index in [2.05, 4.69) is 22.6 Å². The summed E-state index contributed by atoms with van der Waals surface area (Å²) < 4.78 is 41.9. The maximum atomic E-state index is 11.5. The van der Waals surface area contributed by atoms with Gasteiger partial charge in [0.15, 0.2) is 0 Å². The van der Waals surface area contributed by atoms with E-state index in [9.17, 15) is 9.59 Å². The summed E-state index contributed by atoms with van der Waals surface area (Å²) in [6.45, 7) is 3.54. The Balaban J connectivity index is 3.17. The number of halogens is 2. The molecule has 0 unspecified atom stereocenters. The lowest BCUT2D eigenvalue weighted by Crippen LogP contribution is -2.15. The highest BCUT2D eigenvalue weighted by molar-refractivity contribution is 14.1. The molecule has 0 N–H and O–H groups in total. The molecule has 0 aliphatic carbocycles. The van der Waals surface area contributed by atoms with E-state index in [1.165, 1.54) is 0 Å². The summed E-state index contributed by atoms with van der Waals surface area (Å²) in [5.41, 5.74) is 0. The third kappa shape index (κ3) is 24.3. The van der Waals surface area contributed by atoms with Crippen LogP contribution in [0.25, 0.3) is 0 Å². The summed E-state index contributed by atoms with van der Waals surface area (Å²) in [5, 5.41) is 0. The van der Waals surface area contributed by atoms with Crippen LogP contribution in [-0.4, -0.2) is 94.0 Å². The van der Waals surface area contributed by atoms with E-state index in [-0.39, 0.29) is 51.8 Å². The van der Waals surface area contributed by atoms with Crippen molar-refractivity contribution in [3.05, 3.63) is 0 Å². The number of alkyl halides is 2. The molecule has 0 bridgehead atoms. The molecular formula is C17H30I2O10. The van der Waals surface area contributed by atoms with Gasteiger partial charge in [-0.05, 0) is 6.42 Å². The van der Waals surface area contributed by atoms with E-state index < -0.39 is 0 Å². The van der Waals surface area contributed by atoms with Crippen LogP contribution in [0.1, 0.15) is 12.8 Å². The summed E-state index contributed by atoms with van der Waals surface area (Å²) in [4.78, 5) is 22.4. The number of ether oxygens (including phenoxy) is 8. The van der Waals surface area contributed by atoms with Crippen molar-refractivity contribution in [1.29, 1.82) is 0 Å². The van der Waals surface area contributed by atoms with E-state index in [0.717, 1.165) is 0 Å². The monoisotopic (exact) mass is 648 g/mol. The topological polar surface area (TPSA) is 108 Å². The molecule has 0 amide bonds. The van der Waals surface area contributed by atoms with Crippen LogP contribution in [0.5, 0.6) is 0 Å². The number of hydrogen-bond acceptors (Lipinski definition) is 10. The van der Waals surface area contributed by atoms with Gasteiger partial charge < -0.3 is 37.9 Å². The molecule has 10 nitrogen and oxygen atoms in total. The van der Waals surface area contributed by atoms with E-state index in [4.69, 9.17) is 37.9 Å². The molecule has 172 valence electrons. The van der Waals surface area contributed by atoms with Gasteiger partial charge in [-0.2, -0.15) is 0 Å². The highest BCUT2D eigenvalue weighted by Gasteiger charge is 2.03. The van der Waals surface area contributed by atoms with Crippen LogP contribution in [0, 0.1) is 0 Å². The highest BCUT2D eigenvalue weighted by atomic mass is 127. The second kappa shape index (κ2) is 24.4. The minimum absolute atomic E-state index is 0.102. The SMILES string of the molecule is O=C(CI)OCCOCCCOCOCCC(=O)OCCOCCOCOCI. The van der Waals surface area contributed by atoms with Gasteiger partial charge >= 0.3 is 11.9 Å². The molecule has 0 aromatic carbocycles. The predicted molar refractivity (Wildman–Crippen MR) is 119 cm³/mol. The fraction of sp³-hybridized carbons (Fsp3) is 0.882. The molecule has 0 aliphatic rings. The first-order valence-electron chi connectivity index (χ1n) is 9.10. The number of carbonyl (C=O) groups excluding carboxylic acids is 2. The third-order valence-electron chi connectivity index (χ3n) is 2.90. The van der Waals surface area contributed by atoms with E-state index >= 15 is 0 Å². The predicted octanol–water partition coefficient (Wildman–Crippen LogP) is 1.70. The van der Waals surface area contributed by atoms with Gasteiger partial charge in [-0.25, -0.2) is 0 Å². The Kier molecular flexibility index (Phi) is 24.6. The van der Waals surface area contributed by atoms with Crippen LogP contribution in [0.3, 0.4) is 0 Å². The zero-order valence-corrected chi connectivity index (χ0v) is 20.8. The summed E-state index contributed by atoms with van der Waals surface area (Å²) in [7, 11) is 0. The Labute approximate surface area is 198 Å². The van der Waals surface area contributed by atoms with Crippen molar-refractivity contribution in [3.63, 3.8) is 0 Å². The second-order valence-electron chi connectivity index (χ2n) is 5.18. The molecule has 0 radical (unpaired) electrons. The molecule has 0 aromatic rings. The Morgan fingerprint density at radius 2 is 1.07 bits per heavy atom. The molecule has 0 aromatic heterocycles. The largest absolute Gasteiger partial charge is 0.463 e. The fourth-order valence-corrected chi connectivity index (χ4v) is 2.01. The average Bonchev–Trinajstić information content (AvgIpc) is 2.73. The van der Waals surface area contributed by atoms with Gasteiger partial charge in [0, 0.05) is 6.61 Å². The molecule has 0 saturated heterocycles. The van der Waals surface area contributed by atoms with Crippen LogP contribution in [-0.2, 0) is 47.5 Å². The number of hydrogen-bond donors (Lipinski definition) is 0. The molecule has 12 heteroatoms. The van der Waals surface area contributed by atoms with Crippen molar-refractivity contribution in [2.24, 2.45) is 0 Å². The fourth-order valence-electron chi connectivity index (χ4n) is 1.61. The van der Waals surface area contributed by atoms with Gasteiger partial charge in [-0.15, -0.1) is 0 Å². The van der Waals surface area contributed by atoms with Crippen LogP contribution >= 0.6 is 45.2 Å². The maximum absolute atomic E-state index is 11.5. The van der Waals surface area contributed by atoms with Gasteiger partial charge in [-0.1, -0.05) is 45.2 Å². The molecule has 0 rings (SSSR count). The second-order valence-corrected chi connectivity index (χ2v) is 6.56. The molecule has 0 fully saturated rings. The molecule has 0 spiro atoms. The normalized spacial score (nSPS) is 10.8. The van der Waals surface area contributed by atoms with E-state index in [0.29, 0.717) is 55.1 Å². The lowest BCUT2D eigenvalue weighted by atomic mass is 10.5. The van der Waals surface area contributed by atoms with Gasteiger partial charge in [-0.3, -0.25) is 9.59 Å². The van der Waals surface area contributed by atoms with Gasteiger partial charge in [0.1, 0.15) is 31.4 Å². The molecule has 0 atom stereocenters. The number of rotatable bonds is 22. The summed E-state index contributed by atoms with van der Waals surface area (Å²) >= 11 is 4.03. The van der Waals surface area contributed by atoms with Crippen molar-refractivity contribution in [1.82, 2.24) is 0 Å². The van der Waals surface area contributed by atoms with Crippen molar-refractivity contribution < 1.29 is 47.5 Å². The molecule has 0 aliphatic heterocycles. The zero-order valence-electron chi connectivity index (χ0n) is 16.4. The van der Waals surface area contributed by atoms with Crippen molar-refractivity contribution in [3.8, 4) is 0 Å². The number of esters is 2. The Hall–Kier alpha value is 0.160. The Bertz CT molecular complexity index is 387. The lowest BCUT2D eigenvalue weighted by Gasteiger charge is -2.08. The minimum atomic E-state index is -0.350. The van der Waals surface area contributed by atoms with Crippen LogP contribution in [0.2, 0.25) is 0 Å². The highest BCUT2D eigenvalue weighted by Crippen LogP contribution is 1.92. The third-order valence-corrected chi connectivity index (χ3v) is 3.96. The molecule has 29 heavy (non-hydrogen) atoms. The van der Waals surface area contributed by atoms with Crippen molar-refractivity contribution >= 4 is 57.1 Å². The van der Waals surface area contributed by atoms with Crippen molar-refractivity contribution in [2.45, 2.75) is 12.8 Å². The molecule has 0 saturated carbocycles. The van der Waals surface area contributed by atoms with Gasteiger partial charge in [0.05, 0.1) is 50.5 Å². The minimum Gasteiger partial charge on any atom is -0.463 e. The smallest absolute Gasteiger partial charge is 0.315 e. The summed E-state index contributed by atoms with van der Waals surface area (Å²) in [5.74, 6) is -0.595. The van der Waals surface area contributed by atoms with E-state index in [1.54, 1.807) is 0 Å². The maximum Gasteiger partial charge on any atom is 0.315 e. The van der Waals surface area contributed by atoms with Crippen molar-refractivity contribution in [2.75, 3.05) is 82.1 Å². The summed E-state index contributed by atoms with van der Waals surface area (Å²) in [6.07, 6.45) is 0.848. The van der Waals surface area contributed by atoms with Crippen LogP contribution in [0.4, 0.5) is 0 Å². The van der Waals surface area contributed by atoms with Gasteiger partial charge in [0.2, 0.25) is 0 Å². The average molecular weight is 648 g/mol. The first kappa shape index (κ1) is 29.2. The Morgan fingerprint density at radius 1 is 0.552 bits per heavy atom. The van der Waals surface area contributed by atoms with Crippen LogP contribution in [0.15, 0.2) is 0 Å². The van der Waals surface area contributed by atoms with Crippen LogP contribution < -0.4 is 0 Å². The number of carbonyl (C=O) groups is 2. The quantitative estimate of drug-likeness (QED) is 0.0567. The zero-order chi connectivity index (χ0) is 21.4. The molecular weight excluding hydrogens is 618 g/mol. The van der Waals surface area contributed by atoms with E-state index in [1.807, 2.05) is 22.6 Å². The summed E-state index contributed by atoms with van der Waals surface area (Å²) in [6, 6.07) is 0. The first-order valence-corrected chi connectivity index (χ1v) is 12.2. The van der Waals surface area contributed by atoms with Gasteiger partial charge in [0.25, 0.3) is 0 Å². The lowest BCUT2D eigenvalue weighted by molar-refractivity contribution is -0.148.